The molecule has 2 heteroatoms. The third-order valence-electron chi connectivity index (χ3n) is 2.62. The van der Waals surface area contributed by atoms with Crippen molar-refractivity contribution >= 4 is 0 Å². The van der Waals surface area contributed by atoms with E-state index < -0.39 is 0 Å². The summed E-state index contributed by atoms with van der Waals surface area (Å²) in [5, 5.41) is 9.04. The van der Waals surface area contributed by atoms with E-state index in [1.54, 1.807) is 0 Å². The Morgan fingerprint density at radius 2 is 2.31 bits per heavy atom. The molecule has 1 fully saturated rings. The molecule has 1 heterocycles. The minimum atomic E-state index is 0.353. The van der Waals surface area contributed by atoms with Crippen molar-refractivity contribution in [3.05, 3.63) is 11.6 Å². The summed E-state index contributed by atoms with van der Waals surface area (Å²) < 4.78 is 0. The molecule has 1 unspecified atom stereocenters. The molecule has 2 nitrogen and oxygen atoms in total. The predicted octanol–water partition coefficient (Wildman–Crippen LogP) is 1.66. The van der Waals surface area contributed by atoms with Gasteiger partial charge in [0.05, 0.1) is 0 Å². The quantitative estimate of drug-likeness (QED) is 0.673. The third-order valence-corrected chi connectivity index (χ3v) is 2.62. The summed E-state index contributed by atoms with van der Waals surface area (Å²) in [6, 6.07) is 0. The highest BCUT2D eigenvalue weighted by Gasteiger charge is 2.17. The maximum atomic E-state index is 9.04. The third kappa shape index (κ3) is 3.92. The SMILES string of the molecule is CC(C)=CCN1CCCC(CO)C1. The van der Waals surface area contributed by atoms with Crippen LogP contribution in [0.1, 0.15) is 26.7 Å². The molecule has 76 valence electrons. The number of rotatable bonds is 3. The summed E-state index contributed by atoms with van der Waals surface area (Å²) in [6.07, 6.45) is 4.70. The van der Waals surface area contributed by atoms with E-state index in [0.29, 0.717) is 12.5 Å². The van der Waals surface area contributed by atoms with E-state index in [-0.39, 0.29) is 0 Å². The molecule has 0 aliphatic carbocycles. The van der Waals surface area contributed by atoms with Crippen molar-refractivity contribution in [2.75, 3.05) is 26.2 Å². The Hall–Kier alpha value is -0.340. The Kier molecular flexibility index (Phi) is 4.46. The van der Waals surface area contributed by atoms with Gasteiger partial charge in [0.25, 0.3) is 0 Å². The maximum Gasteiger partial charge on any atom is 0.0471 e. The standard InChI is InChI=1S/C11H21NO/c1-10(2)5-7-12-6-3-4-11(8-12)9-13/h5,11,13H,3-4,6-9H2,1-2H3. The van der Waals surface area contributed by atoms with Gasteiger partial charge >= 0.3 is 0 Å². The Bertz CT molecular complexity index is 173. The first kappa shape index (κ1) is 10.7. The van der Waals surface area contributed by atoms with Crippen molar-refractivity contribution in [2.24, 2.45) is 5.92 Å². The van der Waals surface area contributed by atoms with E-state index >= 15 is 0 Å². The number of likely N-dealkylation sites (tertiary alicyclic amines) is 1. The normalized spacial score (nSPS) is 24.4. The van der Waals surface area contributed by atoms with Gasteiger partial charge in [-0.1, -0.05) is 11.6 Å². The second-order valence-corrected chi connectivity index (χ2v) is 4.23. The Balaban J connectivity index is 2.30. The van der Waals surface area contributed by atoms with Gasteiger partial charge in [0.15, 0.2) is 0 Å². The summed E-state index contributed by atoms with van der Waals surface area (Å²) in [7, 11) is 0. The molecule has 0 saturated carbocycles. The molecule has 1 atom stereocenters. The van der Waals surface area contributed by atoms with Crippen LogP contribution in [0.5, 0.6) is 0 Å². The number of allylic oxidation sites excluding steroid dienone is 1. The van der Waals surface area contributed by atoms with Gasteiger partial charge in [0, 0.05) is 19.7 Å². The van der Waals surface area contributed by atoms with Crippen LogP contribution in [0, 0.1) is 5.92 Å². The first-order valence-electron chi connectivity index (χ1n) is 5.19. The van der Waals surface area contributed by atoms with Crippen LogP contribution in [0.25, 0.3) is 0 Å². The second-order valence-electron chi connectivity index (χ2n) is 4.23. The molecular weight excluding hydrogens is 162 g/mol. The fraction of sp³-hybridized carbons (Fsp3) is 0.818. The summed E-state index contributed by atoms with van der Waals surface area (Å²) >= 11 is 0. The average molecular weight is 183 g/mol. The van der Waals surface area contributed by atoms with Gasteiger partial charge < -0.3 is 5.11 Å². The van der Waals surface area contributed by atoms with Gasteiger partial charge in [-0.2, -0.15) is 0 Å². The van der Waals surface area contributed by atoms with Crippen LogP contribution in [0.4, 0.5) is 0 Å². The van der Waals surface area contributed by atoms with E-state index in [1.807, 2.05) is 0 Å². The van der Waals surface area contributed by atoms with Gasteiger partial charge in [-0.25, -0.2) is 0 Å². The van der Waals surface area contributed by atoms with Crippen LogP contribution in [-0.2, 0) is 0 Å². The Morgan fingerprint density at radius 1 is 1.54 bits per heavy atom. The van der Waals surface area contributed by atoms with Crippen LogP contribution < -0.4 is 0 Å². The summed E-state index contributed by atoms with van der Waals surface area (Å²) in [4.78, 5) is 2.43. The van der Waals surface area contributed by atoms with Crippen molar-refractivity contribution < 1.29 is 5.11 Å². The Morgan fingerprint density at radius 3 is 2.92 bits per heavy atom. The van der Waals surface area contributed by atoms with Gasteiger partial charge in [0.1, 0.15) is 0 Å². The molecular formula is C11H21NO. The van der Waals surface area contributed by atoms with Gasteiger partial charge in [0.2, 0.25) is 0 Å². The van der Waals surface area contributed by atoms with E-state index in [0.717, 1.165) is 13.1 Å². The molecule has 1 N–H and O–H groups in total. The number of aliphatic hydroxyl groups excluding tert-OH is 1. The van der Waals surface area contributed by atoms with Crippen LogP contribution in [0.2, 0.25) is 0 Å². The fourth-order valence-electron chi connectivity index (χ4n) is 1.78. The maximum absolute atomic E-state index is 9.04. The first-order chi connectivity index (χ1) is 6.22. The molecule has 1 saturated heterocycles. The van der Waals surface area contributed by atoms with Crippen molar-refractivity contribution in [1.29, 1.82) is 0 Å². The minimum absolute atomic E-state index is 0.353. The molecule has 0 aromatic carbocycles. The van der Waals surface area contributed by atoms with Crippen LogP contribution >= 0.6 is 0 Å². The van der Waals surface area contributed by atoms with Crippen LogP contribution in [0.3, 0.4) is 0 Å². The zero-order valence-corrected chi connectivity index (χ0v) is 8.79. The number of piperidine rings is 1. The highest BCUT2D eigenvalue weighted by atomic mass is 16.3. The largest absolute Gasteiger partial charge is 0.396 e. The minimum Gasteiger partial charge on any atom is -0.396 e. The molecule has 0 aromatic heterocycles. The molecule has 0 radical (unpaired) electrons. The highest BCUT2D eigenvalue weighted by Crippen LogP contribution is 2.15. The van der Waals surface area contributed by atoms with Crippen LogP contribution in [-0.4, -0.2) is 36.2 Å². The second kappa shape index (κ2) is 5.40. The lowest BCUT2D eigenvalue weighted by molar-refractivity contribution is 0.129. The zero-order valence-electron chi connectivity index (χ0n) is 8.79. The van der Waals surface area contributed by atoms with Gasteiger partial charge in [-0.05, 0) is 39.2 Å². The Labute approximate surface area is 81.2 Å². The molecule has 0 amide bonds. The van der Waals surface area contributed by atoms with Crippen LogP contribution in [0.15, 0.2) is 11.6 Å². The summed E-state index contributed by atoms with van der Waals surface area (Å²) in [5.74, 6) is 0.513. The summed E-state index contributed by atoms with van der Waals surface area (Å²) in [6.45, 7) is 7.94. The van der Waals surface area contributed by atoms with E-state index in [4.69, 9.17) is 5.11 Å². The molecule has 1 aliphatic rings. The predicted molar refractivity (Wildman–Crippen MR) is 55.7 cm³/mol. The van der Waals surface area contributed by atoms with Crippen molar-refractivity contribution in [2.45, 2.75) is 26.7 Å². The van der Waals surface area contributed by atoms with Gasteiger partial charge in [-0.15, -0.1) is 0 Å². The van der Waals surface area contributed by atoms with Crippen molar-refractivity contribution in [3.63, 3.8) is 0 Å². The smallest absolute Gasteiger partial charge is 0.0471 e. The highest BCUT2D eigenvalue weighted by molar-refractivity contribution is 4.95. The zero-order chi connectivity index (χ0) is 9.68. The molecule has 0 aromatic rings. The number of hydrogen-bond acceptors (Lipinski definition) is 2. The van der Waals surface area contributed by atoms with Gasteiger partial charge in [-0.3, -0.25) is 4.90 Å². The average Bonchev–Trinajstić information content (AvgIpc) is 2.15. The number of hydrogen-bond donors (Lipinski definition) is 1. The van der Waals surface area contributed by atoms with E-state index in [2.05, 4.69) is 24.8 Å². The molecule has 0 bridgehead atoms. The molecule has 0 spiro atoms. The van der Waals surface area contributed by atoms with E-state index in [1.165, 1.54) is 25.0 Å². The molecule has 13 heavy (non-hydrogen) atoms. The fourth-order valence-corrected chi connectivity index (χ4v) is 1.78. The lowest BCUT2D eigenvalue weighted by Gasteiger charge is -2.30. The van der Waals surface area contributed by atoms with Crippen molar-refractivity contribution in [1.82, 2.24) is 4.90 Å². The summed E-state index contributed by atoms with van der Waals surface area (Å²) in [5.41, 5.74) is 1.38. The number of aliphatic hydroxyl groups is 1. The lowest BCUT2D eigenvalue weighted by atomic mass is 9.99. The number of nitrogens with zero attached hydrogens (tertiary/aromatic N) is 1. The monoisotopic (exact) mass is 183 g/mol. The topological polar surface area (TPSA) is 23.5 Å². The van der Waals surface area contributed by atoms with Crippen molar-refractivity contribution in [3.8, 4) is 0 Å². The first-order valence-corrected chi connectivity index (χ1v) is 5.19. The lowest BCUT2D eigenvalue weighted by Crippen LogP contribution is -2.36. The molecule has 1 rings (SSSR count). The molecule has 1 aliphatic heterocycles. The van der Waals surface area contributed by atoms with E-state index in [9.17, 15) is 0 Å².